The zero-order valence-electron chi connectivity index (χ0n) is 12.1. The maximum absolute atomic E-state index is 13.5. The van der Waals surface area contributed by atoms with E-state index in [0.29, 0.717) is 37.1 Å². The number of carbonyl (C=O) groups is 2. The van der Waals surface area contributed by atoms with Crippen LogP contribution in [-0.4, -0.2) is 43.9 Å². The second kappa shape index (κ2) is 5.40. The highest BCUT2D eigenvalue weighted by atomic mass is 19.1. The molecule has 2 aromatic heterocycles. The average molecular weight is 305 g/mol. The Hall–Kier alpha value is -2.44. The first kappa shape index (κ1) is 14.5. The van der Waals surface area contributed by atoms with Gasteiger partial charge in [0.05, 0.1) is 5.69 Å². The molecule has 1 saturated heterocycles. The van der Waals surface area contributed by atoms with Gasteiger partial charge < -0.3 is 10.0 Å². The maximum atomic E-state index is 13.5. The highest BCUT2D eigenvalue weighted by Crippen LogP contribution is 2.23. The number of aryl methyl sites for hydroxylation is 1. The van der Waals surface area contributed by atoms with Crippen molar-refractivity contribution in [3.8, 4) is 0 Å². The molecule has 3 heterocycles. The molecule has 1 fully saturated rings. The zero-order chi connectivity index (χ0) is 15.9. The van der Waals surface area contributed by atoms with Crippen LogP contribution in [0, 0.1) is 5.82 Å². The van der Waals surface area contributed by atoms with Gasteiger partial charge in [0.1, 0.15) is 23.2 Å². The number of aliphatic carboxylic acids is 1. The molecule has 0 bridgehead atoms. The molecule has 1 aliphatic heterocycles. The lowest BCUT2D eigenvalue weighted by molar-refractivity contribution is -0.141. The summed E-state index contributed by atoms with van der Waals surface area (Å²) in [5, 5.41) is 9.24. The number of nitrogens with zero attached hydrogens (tertiary/aromatic N) is 3. The molecule has 116 valence electrons. The van der Waals surface area contributed by atoms with Gasteiger partial charge in [0, 0.05) is 12.7 Å². The predicted molar refractivity (Wildman–Crippen MR) is 76.2 cm³/mol. The molecule has 0 aliphatic carbocycles. The minimum atomic E-state index is -1.01. The summed E-state index contributed by atoms with van der Waals surface area (Å²) in [6, 6.07) is 1.96. The van der Waals surface area contributed by atoms with Gasteiger partial charge in [-0.3, -0.25) is 9.20 Å². The molecule has 1 atom stereocenters. The summed E-state index contributed by atoms with van der Waals surface area (Å²) >= 11 is 0. The van der Waals surface area contributed by atoms with Crippen LogP contribution in [0.4, 0.5) is 4.39 Å². The van der Waals surface area contributed by atoms with Gasteiger partial charge in [0.15, 0.2) is 0 Å². The van der Waals surface area contributed by atoms with E-state index in [2.05, 4.69) is 4.98 Å². The molecular formula is C15H16FN3O3. The Morgan fingerprint density at radius 1 is 1.45 bits per heavy atom. The third-order valence-electron chi connectivity index (χ3n) is 3.99. The first-order chi connectivity index (χ1) is 10.5. The van der Waals surface area contributed by atoms with Crippen LogP contribution in [0.3, 0.4) is 0 Å². The van der Waals surface area contributed by atoms with Gasteiger partial charge in [-0.25, -0.2) is 14.2 Å². The van der Waals surface area contributed by atoms with Crippen molar-refractivity contribution in [1.29, 1.82) is 0 Å². The van der Waals surface area contributed by atoms with Crippen LogP contribution in [0.5, 0.6) is 0 Å². The molecule has 0 spiro atoms. The van der Waals surface area contributed by atoms with Crippen molar-refractivity contribution in [3.63, 3.8) is 0 Å². The third kappa shape index (κ3) is 2.22. The lowest BCUT2D eigenvalue weighted by atomic mass is 10.2. The highest BCUT2D eigenvalue weighted by molar-refractivity contribution is 5.97. The zero-order valence-corrected chi connectivity index (χ0v) is 12.1. The smallest absolute Gasteiger partial charge is 0.326 e. The summed E-state index contributed by atoms with van der Waals surface area (Å²) < 4.78 is 14.9. The number of carboxylic acid groups (broad SMARTS) is 1. The number of pyridine rings is 1. The summed E-state index contributed by atoms with van der Waals surface area (Å²) in [7, 11) is 0. The number of carboxylic acids is 1. The van der Waals surface area contributed by atoms with Crippen LogP contribution in [0.1, 0.15) is 35.9 Å². The number of halogens is 1. The van der Waals surface area contributed by atoms with E-state index in [-0.39, 0.29) is 5.69 Å². The van der Waals surface area contributed by atoms with Crippen molar-refractivity contribution in [2.45, 2.75) is 32.2 Å². The fourth-order valence-corrected chi connectivity index (χ4v) is 2.94. The van der Waals surface area contributed by atoms with Crippen LogP contribution in [-0.2, 0) is 11.2 Å². The molecule has 0 radical (unpaired) electrons. The third-order valence-corrected chi connectivity index (χ3v) is 3.99. The van der Waals surface area contributed by atoms with Crippen LogP contribution in [0.25, 0.3) is 5.65 Å². The normalized spacial score (nSPS) is 18.1. The van der Waals surface area contributed by atoms with E-state index in [1.807, 2.05) is 6.92 Å². The second-order valence-corrected chi connectivity index (χ2v) is 5.33. The lowest BCUT2D eigenvalue weighted by Gasteiger charge is -2.21. The molecule has 0 saturated carbocycles. The van der Waals surface area contributed by atoms with Crippen molar-refractivity contribution in [2.75, 3.05) is 6.54 Å². The number of hydrogen-bond donors (Lipinski definition) is 1. The minimum absolute atomic E-state index is 0.255. The topological polar surface area (TPSA) is 74.9 Å². The van der Waals surface area contributed by atoms with Crippen LogP contribution < -0.4 is 0 Å². The molecule has 1 aliphatic rings. The van der Waals surface area contributed by atoms with Crippen LogP contribution >= 0.6 is 0 Å². The molecule has 22 heavy (non-hydrogen) atoms. The molecule has 1 amide bonds. The summed E-state index contributed by atoms with van der Waals surface area (Å²) in [6.07, 6.45) is 2.80. The number of imidazole rings is 1. The number of amides is 1. The number of hydrogen-bond acceptors (Lipinski definition) is 3. The van der Waals surface area contributed by atoms with Crippen molar-refractivity contribution < 1.29 is 19.1 Å². The van der Waals surface area contributed by atoms with Crippen molar-refractivity contribution in [1.82, 2.24) is 14.3 Å². The quantitative estimate of drug-likeness (QED) is 0.937. The van der Waals surface area contributed by atoms with Gasteiger partial charge in [0.25, 0.3) is 5.91 Å². The van der Waals surface area contributed by atoms with Gasteiger partial charge in [-0.1, -0.05) is 6.92 Å². The fraction of sp³-hybridized carbons (Fsp3) is 0.400. The van der Waals surface area contributed by atoms with Gasteiger partial charge in [0.2, 0.25) is 0 Å². The molecule has 1 unspecified atom stereocenters. The van der Waals surface area contributed by atoms with E-state index in [4.69, 9.17) is 0 Å². The Labute approximate surface area is 126 Å². The number of fused-ring (bicyclic) bond motifs is 1. The molecule has 7 heteroatoms. The van der Waals surface area contributed by atoms with E-state index >= 15 is 0 Å². The van der Waals surface area contributed by atoms with Gasteiger partial charge >= 0.3 is 5.97 Å². The predicted octanol–water partition coefficient (Wildman–Crippen LogP) is 1.72. The highest BCUT2D eigenvalue weighted by Gasteiger charge is 2.36. The van der Waals surface area contributed by atoms with E-state index in [9.17, 15) is 19.1 Å². The number of rotatable bonds is 3. The van der Waals surface area contributed by atoms with E-state index < -0.39 is 23.7 Å². The molecule has 0 aromatic carbocycles. The second-order valence-electron chi connectivity index (χ2n) is 5.33. The number of carbonyl (C=O) groups excluding carboxylic acids is 1. The number of aromatic nitrogens is 2. The standard InChI is InChI=1S/C15H16FN3O3/c1-2-10-13(19-8-9(16)5-6-12(19)17-10)14(20)18-7-3-4-11(18)15(21)22/h5-6,8,11H,2-4,7H2,1H3,(H,21,22). The van der Waals surface area contributed by atoms with Gasteiger partial charge in [-0.2, -0.15) is 0 Å². The first-order valence-electron chi connectivity index (χ1n) is 7.23. The summed E-state index contributed by atoms with van der Waals surface area (Å²) in [4.78, 5) is 29.8. The van der Waals surface area contributed by atoms with Crippen molar-refractivity contribution in [2.24, 2.45) is 0 Å². The summed E-state index contributed by atoms with van der Waals surface area (Å²) in [5.74, 6) is -1.89. The van der Waals surface area contributed by atoms with E-state index in [1.165, 1.54) is 27.6 Å². The molecule has 2 aromatic rings. The Morgan fingerprint density at radius 3 is 2.91 bits per heavy atom. The largest absolute Gasteiger partial charge is 0.480 e. The Kier molecular flexibility index (Phi) is 3.56. The molecule has 6 nitrogen and oxygen atoms in total. The maximum Gasteiger partial charge on any atom is 0.326 e. The SMILES string of the molecule is CCc1nc2ccc(F)cn2c1C(=O)N1CCCC1C(=O)O. The molecule has 1 N–H and O–H groups in total. The molecular weight excluding hydrogens is 289 g/mol. The van der Waals surface area contributed by atoms with E-state index in [1.54, 1.807) is 0 Å². The van der Waals surface area contributed by atoms with Crippen molar-refractivity contribution >= 4 is 17.5 Å². The first-order valence-corrected chi connectivity index (χ1v) is 7.23. The Morgan fingerprint density at radius 2 is 2.23 bits per heavy atom. The number of likely N-dealkylation sites (tertiary alicyclic amines) is 1. The van der Waals surface area contributed by atoms with Gasteiger partial charge in [-0.15, -0.1) is 0 Å². The summed E-state index contributed by atoms with van der Waals surface area (Å²) in [5.41, 5.74) is 1.28. The van der Waals surface area contributed by atoms with Crippen LogP contribution in [0.15, 0.2) is 18.3 Å². The van der Waals surface area contributed by atoms with Crippen molar-refractivity contribution in [3.05, 3.63) is 35.5 Å². The average Bonchev–Trinajstić information content (AvgIpc) is 3.10. The van der Waals surface area contributed by atoms with E-state index in [0.717, 1.165) is 0 Å². The molecule has 3 rings (SSSR count). The Bertz CT molecular complexity index is 756. The minimum Gasteiger partial charge on any atom is -0.480 e. The van der Waals surface area contributed by atoms with Gasteiger partial charge in [-0.05, 0) is 31.4 Å². The van der Waals surface area contributed by atoms with Crippen LogP contribution in [0.2, 0.25) is 0 Å². The monoisotopic (exact) mass is 305 g/mol. The fourth-order valence-electron chi connectivity index (χ4n) is 2.94. The lowest BCUT2D eigenvalue weighted by Crippen LogP contribution is -2.41. The summed E-state index contributed by atoms with van der Waals surface area (Å²) in [6.45, 7) is 2.25. The Balaban J connectivity index is 2.10.